The minimum absolute atomic E-state index is 0.00264. The summed E-state index contributed by atoms with van der Waals surface area (Å²) in [6.07, 6.45) is 1.51. The number of halogens is 2. The molecule has 1 amide bonds. The van der Waals surface area contributed by atoms with E-state index < -0.39 is 21.7 Å². The Hall–Kier alpha value is -2.00. The van der Waals surface area contributed by atoms with E-state index in [-0.39, 0.29) is 33.8 Å². The fourth-order valence-electron chi connectivity index (χ4n) is 2.71. The molecule has 0 saturated carbocycles. The summed E-state index contributed by atoms with van der Waals surface area (Å²) in [4.78, 5) is 12.2. The second-order valence-corrected chi connectivity index (χ2v) is 8.24. The molecule has 1 saturated heterocycles. The Labute approximate surface area is 161 Å². The smallest absolute Gasteiger partial charge is 0.255 e. The predicted molar refractivity (Wildman–Crippen MR) is 100.0 cm³/mol. The first-order valence-electron chi connectivity index (χ1n) is 8.33. The molecular formula is C18H18ClFN2O4S. The van der Waals surface area contributed by atoms with Crippen LogP contribution in [0.5, 0.6) is 0 Å². The van der Waals surface area contributed by atoms with Gasteiger partial charge in [0, 0.05) is 24.4 Å². The fourth-order valence-corrected chi connectivity index (χ4v) is 4.30. The van der Waals surface area contributed by atoms with Gasteiger partial charge in [0.15, 0.2) is 0 Å². The van der Waals surface area contributed by atoms with Gasteiger partial charge >= 0.3 is 0 Å². The Balaban J connectivity index is 1.77. The van der Waals surface area contributed by atoms with Gasteiger partial charge in [0.05, 0.1) is 11.1 Å². The van der Waals surface area contributed by atoms with Crippen molar-refractivity contribution in [2.24, 2.45) is 0 Å². The van der Waals surface area contributed by atoms with Gasteiger partial charge < -0.3 is 10.1 Å². The number of carbonyl (C=O) groups is 1. The van der Waals surface area contributed by atoms with Gasteiger partial charge in [0.25, 0.3) is 5.91 Å². The first-order chi connectivity index (χ1) is 12.8. The molecule has 0 bridgehead atoms. The zero-order chi connectivity index (χ0) is 19.4. The number of anilines is 1. The van der Waals surface area contributed by atoms with Crippen molar-refractivity contribution in [3.63, 3.8) is 0 Å². The maximum atomic E-state index is 13.2. The van der Waals surface area contributed by atoms with Crippen LogP contribution in [0.4, 0.5) is 10.1 Å². The molecule has 144 valence electrons. The molecule has 2 aromatic carbocycles. The lowest BCUT2D eigenvalue weighted by atomic mass is 10.2. The summed E-state index contributed by atoms with van der Waals surface area (Å²) in [6, 6.07) is 9.32. The zero-order valence-electron chi connectivity index (χ0n) is 14.2. The quantitative estimate of drug-likeness (QED) is 0.763. The van der Waals surface area contributed by atoms with E-state index in [0.29, 0.717) is 6.61 Å². The van der Waals surface area contributed by atoms with E-state index in [4.69, 9.17) is 16.3 Å². The summed E-state index contributed by atoms with van der Waals surface area (Å²) in [7, 11) is -3.92. The average Bonchev–Trinajstić information content (AvgIpc) is 3.14. The van der Waals surface area contributed by atoms with Gasteiger partial charge in [-0.15, -0.1) is 0 Å². The molecule has 27 heavy (non-hydrogen) atoms. The lowest BCUT2D eigenvalue weighted by molar-refractivity contribution is 0.102. The molecule has 0 aliphatic carbocycles. The highest BCUT2D eigenvalue weighted by molar-refractivity contribution is 7.89. The highest BCUT2D eigenvalue weighted by atomic mass is 35.5. The van der Waals surface area contributed by atoms with Crippen LogP contribution in [-0.4, -0.2) is 33.6 Å². The summed E-state index contributed by atoms with van der Waals surface area (Å²) in [5.74, 6) is -1.07. The second kappa shape index (κ2) is 8.35. The number of hydrogen-bond donors (Lipinski definition) is 2. The number of benzene rings is 2. The molecule has 1 fully saturated rings. The maximum absolute atomic E-state index is 13.2. The van der Waals surface area contributed by atoms with Crippen LogP contribution in [0.15, 0.2) is 47.4 Å². The monoisotopic (exact) mass is 412 g/mol. The molecule has 0 unspecified atom stereocenters. The standard InChI is InChI=1S/C18H18ClFN2O4S/c19-16-7-6-12(18(23)22-14-4-1-3-13(20)10-14)9-17(16)27(24,25)21-11-15-5-2-8-26-15/h1,3-4,6-7,9-10,15,21H,2,5,8,11H2,(H,22,23)/t15-/m0/s1. The number of sulfonamides is 1. The molecule has 1 heterocycles. The Morgan fingerprint density at radius 2 is 2.07 bits per heavy atom. The summed E-state index contributed by atoms with van der Waals surface area (Å²) in [5.41, 5.74) is 0.344. The number of nitrogens with one attached hydrogen (secondary N) is 2. The molecule has 0 spiro atoms. The molecule has 3 rings (SSSR count). The van der Waals surface area contributed by atoms with E-state index in [2.05, 4.69) is 10.0 Å². The molecule has 1 aliphatic heterocycles. The topological polar surface area (TPSA) is 84.5 Å². The molecule has 6 nitrogen and oxygen atoms in total. The third-order valence-electron chi connectivity index (χ3n) is 4.09. The lowest BCUT2D eigenvalue weighted by Crippen LogP contribution is -2.32. The first-order valence-corrected chi connectivity index (χ1v) is 10.2. The Morgan fingerprint density at radius 3 is 2.78 bits per heavy atom. The van der Waals surface area contributed by atoms with Crippen LogP contribution < -0.4 is 10.0 Å². The number of ether oxygens (including phenoxy) is 1. The summed E-state index contributed by atoms with van der Waals surface area (Å²) in [6.45, 7) is 0.751. The number of hydrogen-bond acceptors (Lipinski definition) is 4. The van der Waals surface area contributed by atoms with Crippen molar-refractivity contribution in [2.45, 2.75) is 23.8 Å². The third kappa shape index (κ3) is 5.04. The molecule has 2 N–H and O–H groups in total. The molecule has 0 radical (unpaired) electrons. The molecular weight excluding hydrogens is 395 g/mol. The van der Waals surface area contributed by atoms with Crippen molar-refractivity contribution < 1.29 is 22.3 Å². The minimum atomic E-state index is -3.92. The van der Waals surface area contributed by atoms with E-state index in [9.17, 15) is 17.6 Å². The molecule has 9 heteroatoms. The van der Waals surface area contributed by atoms with Crippen LogP contribution in [0.2, 0.25) is 5.02 Å². The van der Waals surface area contributed by atoms with Crippen molar-refractivity contribution in [1.82, 2.24) is 4.72 Å². The average molecular weight is 413 g/mol. The van der Waals surface area contributed by atoms with Crippen LogP contribution in [0.1, 0.15) is 23.2 Å². The van der Waals surface area contributed by atoms with Gasteiger partial charge in [-0.1, -0.05) is 17.7 Å². The maximum Gasteiger partial charge on any atom is 0.255 e. The van der Waals surface area contributed by atoms with Crippen molar-refractivity contribution in [3.05, 3.63) is 58.9 Å². The highest BCUT2D eigenvalue weighted by Crippen LogP contribution is 2.24. The number of carbonyl (C=O) groups excluding carboxylic acids is 1. The highest BCUT2D eigenvalue weighted by Gasteiger charge is 2.23. The zero-order valence-corrected chi connectivity index (χ0v) is 15.8. The van der Waals surface area contributed by atoms with Crippen molar-refractivity contribution in [3.8, 4) is 0 Å². The number of amides is 1. The lowest BCUT2D eigenvalue weighted by Gasteiger charge is -2.13. The molecule has 0 aromatic heterocycles. The SMILES string of the molecule is O=C(Nc1cccc(F)c1)c1ccc(Cl)c(S(=O)(=O)NC[C@@H]2CCCO2)c1. The Bertz CT molecular complexity index is 946. The van der Waals surface area contributed by atoms with E-state index in [1.165, 1.54) is 36.4 Å². The van der Waals surface area contributed by atoms with Gasteiger partial charge in [0.1, 0.15) is 10.7 Å². The first kappa shape index (κ1) is 19.8. The van der Waals surface area contributed by atoms with E-state index in [1.807, 2.05) is 0 Å². The largest absolute Gasteiger partial charge is 0.377 e. The van der Waals surface area contributed by atoms with Crippen molar-refractivity contribution >= 4 is 33.2 Å². The van der Waals surface area contributed by atoms with Crippen LogP contribution >= 0.6 is 11.6 Å². The Morgan fingerprint density at radius 1 is 1.26 bits per heavy atom. The van der Waals surface area contributed by atoms with Gasteiger partial charge in [-0.3, -0.25) is 4.79 Å². The normalized spacial score (nSPS) is 17.0. The fraction of sp³-hybridized carbons (Fsp3) is 0.278. The van der Waals surface area contributed by atoms with Crippen LogP contribution in [-0.2, 0) is 14.8 Å². The van der Waals surface area contributed by atoms with E-state index in [1.54, 1.807) is 0 Å². The van der Waals surface area contributed by atoms with Crippen LogP contribution in [0, 0.1) is 5.82 Å². The van der Waals surface area contributed by atoms with E-state index in [0.717, 1.165) is 18.9 Å². The summed E-state index contributed by atoms with van der Waals surface area (Å²) >= 11 is 6.03. The number of rotatable bonds is 6. The van der Waals surface area contributed by atoms with Gasteiger partial charge in [-0.25, -0.2) is 17.5 Å². The third-order valence-corrected chi connectivity index (χ3v) is 6.00. The molecule has 2 aromatic rings. The molecule has 1 aliphatic rings. The van der Waals surface area contributed by atoms with Crippen LogP contribution in [0.3, 0.4) is 0 Å². The summed E-state index contributed by atoms with van der Waals surface area (Å²) in [5, 5.41) is 2.51. The van der Waals surface area contributed by atoms with Crippen molar-refractivity contribution in [1.29, 1.82) is 0 Å². The van der Waals surface area contributed by atoms with Gasteiger partial charge in [0.2, 0.25) is 10.0 Å². The predicted octanol–water partition coefficient (Wildman–Crippen LogP) is 3.19. The van der Waals surface area contributed by atoms with Crippen molar-refractivity contribution in [2.75, 3.05) is 18.5 Å². The minimum Gasteiger partial charge on any atom is -0.377 e. The van der Waals surface area contributed by atoms with Gasteiger partial charge in [-0.05, 0) is 49.2 Å². The van der Waals surface area contributed by atoms with Crippen LogP contribution in [0.25, 0.3) is 0 Å². The Kier molecular flexibility index (Phi) is 6.11. The second-order valence-electron chi connectivity index (χ2n) is 6.10. The van der Waals surface area contributed by atoms with Gasteiger partial charge in [-0.2, -0.15) is 0 Å². The summed E-state index contributed by atoms with van der Waals surface area (Å²) < 4.78 is 46.2. The molecule has 1 atom stereocenters. The van der Waals surface area contributed by atoms with E-state index >= 15 is 0 Å².